The van der Waals surface area contributed by atoms with Gasteiger partial charge < -0.3 is 5.11 Å². The molecule has 0 radical (unpaired) electrons. The number of allylic oxidation sites excluding steroid dienone is 1. The Morgan fingerprint density at radius 1 is 0.905 bits per heavy atom. The molecule has 0 spiro atoms. The van der Waals surface area contributed by atoms with Gasteiger partial charge in [0.05, 0.1) is 0 Å². The number of hydrogen-bond acceptors (Lipinski definition) is 1. The molecule has 1 N–H and O–H groups in total. The molecule has 21 heavy (non-hydrogen) atoms. The highest BCUT2D eigenvalue weighted by molar-refractivity contribution is 7.07. The van der Waals surface area contributed by atoms with E-state index in [2.05, 4.69) is 67.4 Å². The van der Waals surface area contributed by atoms with Gasteiger partial charge in [0, 0.05) is 6.61 Å². The van der Waals surface area contributed by atoms with Crippen molar-refractivity contribution in [3.63, 3.8) is 0 Å². The fourth-order valence-corrected chi connectivity index (χ4v) is 7.49. The van der Waals surface area contributed by atoms with Gasteiger partial charge in [-0.1, -0.05) is 72.4 Å². The summed E-state index contributed by atoms with van der Waals surface area (Å²) in [6, 6.07) is 21.1. The zero-order valence-corrected chi connectivity index (χ0v) is 13.3. The van der Waals surface area contributed by atoms with Crippen LogP contribution in [0.2, 0.25) is 5.54 Å². The van der Waals surface area contributed by atoms with Crippen molar-refractivity contribution in [2.24, 2.45) is 0 Å². The van der Waals surface area contributed by atoms with E-state index in [9.17, 15) is 5.11 Å². The van der Waals surface area contributed by atoms with Crippen LogP contribution in [0.4, 0.5) is 0 Å². The Labute approximate surface area is 128 Å². The van der Waals surface area contributed by atoms with Gasteiger partial charge in [0.2, 0.25) is 0 Å². The molecule has 0 amide bonds. The van der Waals surface area contributed by atoms with Gasteiger partial charge in [0.15, 0.2) is 0 Å². The zero-order chi connectivity index (χ0) is 15.1. The number of aliphatic hydroxyl groups excluding tert-OH is 1. The van der Waals surface area contributed by atoms with Crippen LogP contribution in [-0.2, 0) is 0 Å². The Morgan fingerprint density at radius 3 is 1.71 bits per heavy atom. The first kappa shape index (κ1) is 15.5. The van der Waals surface area contributed by atoms with Crippen molar-refractivity contribution in [2.75, 3.05) is 6.61 Å². The first-order chi connectivity index (χ1) is 10.3. The minimum atomic E-state index is -2.19. The quantitative estimate of drug-likeness (QED) is 0.615. The summed E-state index contributed by atoms with van der Waals surface area (Å²) in [6.45, 7) is 8.36. The van der Waals surface area contributed by atoms with Crippen molar-refractivity contribution in [1.82, 2.24) is 0 Å². The van der Waals surface area contributed by atoms with Crippen molar-refractivity contribution in [3.05, 3.63) is 85.6 Å². The molecule has 0 heterocycles. The van der Waals surface area contributed by atoms with Gasteiger partial charge in [-0.15, -0.1) is 13.2 Å². The third-order valence-corrected chi connectivity index (χ3v) is 9.05. The molecular weight excluding hydrogens is 272 g/mol. The summed E-state index contributed by atoms with van der Waals surface area (Å²) in [7, 11) is -2.19. The van der Waals surface area contributed by atoms with Crippen LogP contribution in [0.15, 0.2) is 85.6 Å². The van der Waals surface area contributed by atoms with E-state index in [0.717, 1.165) is 0 Å². The molecule has 2 aromatic carbocycles. The van der Waals surface area contributed by atoms with Crippen molar-refractivity contribution in [1.29, 1.82) is 0 Å². The Balaban J connectivity index is 2.67. The van der Waals surface area contributed by atoms with E-state index in [1.807, 2.05) is 18.2 Å². The van der Waals surface area contributed by atoms with Crippen molar-refractivity contribution >= 4 is 18.4 Å². The molecule has 0 bridgehead atoms. The Hall–Kier alpha value is -1.90. The van der Waals surface area contributed by atoms with E-state index in [0.29, 0.717) is 6.42 Å². The molecule has 1 nitrogen and oxygen atoms in total. The van der Waals surface area contributed by atoms with Gasteiger partial charge >= 0.3 is 0 Å². The van der Waals surface area contributed by atoms with Gasteiger partial charge in [-0.3, -0.25) is 0 Å². The lowest BCUT2D eigenvalue weighted by molar-refractivity contribution is 0.289. The molecular formula is C19H22OSi. The minimum Gasteiger partial charge on any atom is -0.396 e. The van der Waals surface area contributed by atoms with E-state index < -0.39 is 8.07 Å². The molecule has 0 aromatic heterocycles. The van der Waals surface area contributed by atoms with E-state index >= 15 is 0 Å². The minimum absolute atomic E-state index is 0.166. The second-order valence-electron chi connectivity index (χ2n) is 5.16. The summed E-state index contributed by atoms with van der Waals surface area (Å²) >= 11 is 0. The fourth-order valence-electron chi connectivity index (χ4n) is 3.08. The molecule has 108 valence electrons. The lowest BCUT2D eigenvalue weighted by atomic mass is 10.3. The second-order valence-corrected chi connectivity index (χ2v) is 9.20. The van der Waals surface area contributed by atoms with Crippen LogP contribution in [0, 0.1) is 0 Å². The van der Waals surface area contributed by atoms with Crippen LogP contribution in [0.25, 0.3) is 0 Å². The van der Waals surface area contributed by atoms with Crippen molar-refractivity contribution in [3.8, 4) is 0 Å². The van der Waals surface area contributed by atoms with Gasteiger partial charge in [-0.2, -0.15) is 0 Å². The Morgan fingerprint density at radius 2 is 1.38 bits per heavy atom. The van der Waals surface area contributed by atoms with E-state index in [1.54, 1.807) is 0 Å². The van der Waals surface area contributed by atoms with Crippen LogP contribution in [-0.4, -0.2) is 19.8 Å². The molecule has 2 aromatic rings. The zero-order valence-electron chi connectivity index (χ0n) is 12.3. The average Bonchev–Trinajstić information content (AvgIpc) is 2.57. The van der Waals surface area contributed by atoms with E-state index in [4.69, 9.17) is 0 Å². The summed E-state index contributed by atoms with van der Waals surface area (Å²) in [5.41, 5.74) is 2.35. The smallest absolute Gasteiger partial charge is 0.147 e. The van der Waals surface area contributed by atoms with Crippen LogP contribution in [0.5, 0.6) is 0 Å². The van der Waals surface area contributed by atoms with Gasteiger partial charge in [-0.05, 0) is 22.3 Å². The average molecular weight is 294 g/mol. The van der Waals surface area contributed by atoms with Gasteiger partial charge in [0.1, 0.15) is 8.07 Å². The molecule has 0 aliphatic heterocycles. The predicted molar refractivity (Wildman–Crippen MR) is 93.8 cm³/mol. The van der Waals surface area contributed by atoms with Crippen molar-refractivity contribution < 1.29 is 5.11 Å². The summed E-state index contributed by atoms with van der Waals surface area (Å²) in [4.78, 5) is 0. The highest BCUT2D eigenvalue weighted by atomic mass is 28.3. The summed E-state index contributed by atoms with van der Waals surface area (Å²) in [5, 5.41) is 12.1. The molecule has 2 heteroatoms. The first-order valence-electron chi connectivity index (χ1n) is 7.27. The molecule has 0 aliphatic carbocycles. The van der Waals surface area contributed by atoms with E-state index in [1.165, 1.54) is 10.4 Å². The highest BCUT2D eigenvalue weighted by Gasteiger charge is 2.40. The molecule has 0 saturated heterocycles. The maximum absolute atomic E-state index is 9.46. The fraction of sp³-hybridized carbons (Fsp3) is 0.158. The first-order valence-corrected chi connectivity index (χ1v) is 9.43. The van der Waals surface area contributed by atoms with Gasteiger partial charge in [-0.25, -0.2) is 0 Å². The molecule has 1 atom stereocenters. The maximum atomic E-state index is 9.46. The summed E-state index contributed by atoms with van der Waals surface area (Å²) in [6.07, 6.45) is 2.70. The highest BCUT2D eigenvalue weighted by Crippen LogP contribution is 2.27. The molecule has 0 fully saturated rings. The Kier molecular flexibility index (Phi) is 5.31. The topological polar surface area (TPSA) is 20.2 Å². The summed E-state index contributed by atoms with van der Waals surface area (Å²) < 4.78 is 0. The predicted octanol–water partition coefficient (Wildman–Crippen LogP) is 2.91. The van der Waals surface area contributed by atoms with Crippen LogP contribution >= 0.6 is 0 Å². The van der Waals surface area contributed by atoms with Crippen LogP contribution in [0.1, 0.15) is 6.42 Å². The third kappa shape index (κ3) is 2.92. The largest absolute Gasteiger partial charge is 0.396 e. The third-order valence-electron chi connectivity index (χ3n) is 4.13. The number of rotatable bonds is 7. The Bertz CT molecular complexity index is 538. The summed E-state index contributed by atoms with van der Waals surface area (Å²) in [5.74, 6) is 0. The number of aliphatic hydroxyl groups is 1. The van der Waals surface area contributed by atoms with Gasteiger partial charge in [0.25, 0.3) is 0 Å². The molecule has 1 unspecified atom stereocenters. The second kappa shape index (κ2) is 7.20. The van der Waals surface area contributed by atoms with Crippen LogP contribution < -0.4 is 10.4 Å². The molecule has 2 rings (SSSR count). The number of hydrogen-bond donors (Lipinski definition) is 1. The molecule has 0 saturated carbocycles. The molecule has 0 aliphatic rings. The monoisotopic (exact) mass is 294 g/mol. The van der Waals surface area contributed by atoms with Crippen LogP contribution in [0.3, 0.4) is 0 Å². The van der Waals surface area contributed by atoms with Crippen molar-refractivity contribution in [2.45, 2.75) is 12.0 Å². The lowest BCUT2D eigenvalue weighted by Crippen LogP contribution is -2.60. The van der Waals surface area contributed by atoms with E-state index in [-0.39, 0.29) is 12.1 Å². The standard InChI is InChI=1S/C19H22OSi/c1-3-17(15-16-20)21(4-2,18-11-7-5-8-12-18)19-13-9-6-10-14-19/h3-14,17,20H,1-2,15-16H2. The SMILES string of the molecule is C=CC(CCO)[Si](C=C)(c1ccccc1)c1ccccc1. The lowest BCUT2D eigenvalue weighted by Gasteiger charge is -2.36. The number of benzene rings is 2. The normalized spacial score (nSPS) is 12.6. The maximum Gasteiger partial charge on any atom is 0.147 e.